The molecule has 1 aromatic heterocycles. The molecule has 0 spiro atoms. The van der Waals surface area contributed by atoms with Gasteiger partial charge in [0.05, 0.1) is 17.3 Å². The fraction of sp³-hybridized carbons (Fsp3) is 0.286. The average molecular weight is 275 g/mol. The number of hydrogen-bond acceptors (Lipinski definition) is 4. The van der Waals surface area contributed by atoms with Gasteiger partial charge in [-0.15, -0.1) is 0 Å². The first-order valence-electron chi connectivity index (χ1n) is 6.13. The van der Waals surface area contributed by atoms with E-state index in [0.717, 1.165) is 16.3 Å². The highest BCUT2D eigenvalue weighted by atomic mass is 32.1. The van der Waals surface area contributed by atoms with Crippen molar-refractivity contribution in [2.75, 3.05) is 12.4 Å². The lowest BCUT2D eigenvalue weighted by Gasteiger charge is -2.14. The second-order valence-corrected chi connectivity index (χ2v) is 5.10. The maximum Gasteiger partial charge on any atom is 0.256 e. The monoisotopic (exact) mass is 275 g/mol. The number of aromatic nitrogens is 1. The molecule has 100 valence electrons. The standard InChI is InChI=1S/C14H17N3OS/c1-9(11-7-5-4-6-8-11)16-13(18)12-10(2)17-19-14(12)15-3/h4-9,15H,1-3H3,(H,16,18). The summed E-state index contributed by atoms with van der Waals surface area (Å²) >= 11 is 1.31. The molecular weight excluding hydrogens is 258 g/mol. The Morgan fingerprint density at radius 2 is 2.00 bits per heavy atom. The van der Waals surface area contributed by atoms with E-state index >= 15 is 0 Å². The van der Waals surface area contributed by atoms with Crippen molar-refractivity contribution in [2.24, 2.45) is 0 Å². The van der Waals surface area contributed by atoms with Gasteiger partial charge in [-0.05, 0) is 30.9 Å². The van der Waals surface area contributed by atoms with Crippen LogP contribution in [-0.4, -0.2) is 17.3 Å². The van der Waals surface area contributed by atoms with Gasteiger partial charge in [0.15, 0.2) is 0 Å². The summed E-state index contributed by atoms with van der Waals surface area (Å²) in [5.41, 5.74) is 2.48. The molecule has 4 nitrogen and oxygen atoms in total. The predicted octanol–water partition coefficient (Wildman–Crippen LogP) is 2.98. The zero-order valence-corrected chi connectivity index (χ0v) is 12.0. The van der Waals surface area contributed by atoms with Crippen LogP contribution in [0.1, 0.15) is 34.6 Å². The number of rotatable bonds is 4. The summed E-state index contributed by atoms with van der Waals surface area (Å²) in [5, 5.41) is 6.81. The smallest absolute Gasteiger partial charge is 0.256 e. The van der Waals surface area contributed by atoms with Crippen molar-refractivity contribution in [3.05, 3.63) is 47.2 Å². The summed E-state index contributed by atoms with van der Waals surface area (Å²) < 4.78 is 4.21. The molecule has 2 N–H and O–H groups in total. The second-order valence-electron chi connectivity index (χ2n) is 4.33. The van der Waals surface area contributed by atoms with E-state index in [1.165, 1.54) is 11.5 Å². The molecular formula is C14H17N3OS. The van der Waals surface area contributed by atoms with Gasteiger partial charge >= 0.3 is 0 Å². The normalized spacial score (nSPS) is 11.9. The van der Waals surface area contributed by atoms with Crippen molar-refractivity contribution in [1.29, 1.82) is 0 Å². The van der Waals surface area contributed by atoms with Gasteiger partial charge < -0.3 is 10.6 Å². The van der Waals surface area contributed by atoms with Crippen LogP contribution in [0.25, 0.3) is 0 Å². The summed E-state index contributed by atoms with van der Waals surface area (Å²) in [7, 11) is 1.80. The summed E-state index contributed by atoms with van der Waals surface area (Å²) in [6, 6.07) is 9.87. The third kappa shape index (κ3) is 2.93. The molecule has 1 amide bonds. The molecule has 1 atom stereocenters. The van der Waals surface area contributed by atoms with Crippen LogP contribution in [-0.2, 0) is 0 Å². The van der Waals surface area contributed by atoms with Crippen molar-refractivity contribution in [3.63, 3.8) is 0 Å². The molecule has 5 heteroatoms. The van der Waals surface area contributed by atoms with Crippen molar-refractivity contribution in [1.82, 2.24) is 9.69 Å². The van der Waals surface area contributed by atoms with Gasteiger partial charge in [0.2, 0.25) is 0 Å². The van der Waals surface area contributed by atoms with E-state index in [1.54, 1.807) is 7.05 Å². The molecule has 0 bridgehead atoms. The quantitative estimate of drug-likeness (QED) is 0.902. The summed E-state index contributed by atoms with van der Waals surface area (Å²) in [6.07, 6.45) is 0. The fourth-order valence-corrected chi connectivity index (χ4v) is 2.64. The Kier molecular flexibility index (Phi) is 4.16. The largest absolute Gasteiger partial charge is 0.378 e. The molecule has 0 fully saturated rings. The minimum atomic E-state index is -0.0908. The molecule has 19 heavy (non-hydrogen) atoms. The second kappa shape index (κ2) is 5.84. The van der Waals surface area contributed by atoms with Crippen LogP contribution in [0.3, 0.4) is 0 Å². The van der Waals surface area contributed by atoms with E-state index in [-0.39, 0.29) is 11.9 Å². The highest BCUT2D eigenvalue weighted by Gasteiger charge is 2.19. The molecule has 0 saturated carbocycles. The Balaban J connectivity index is 2.15. The van der Waals surface area contributed by atoms with Gasteiger partial charge in [-0.2, -0.15) is 4.37 Å². The Bertz CT molecular complexity index is 565. The van der Waals surface area contributed by atoms with E-state index < -0.39 is 0 Å². The molecule has 0 aliphatic carbocycles. The van der Waals surface area contributed by atoms with Gasteiger partial charge in [-0.25, -0.2) is 0 Å². The van der Waals surface area contributed by atoms with Crippen molar-refractivity contribution >= 4 is 22.4 Å². The number of nitrogens with one attached hydrogen (secondary N) is 2. The zero-order chi connectivity index (χ0) is 13.8. The highest BCUT2D eigenvalue weighted by molar-refractivity contribution is 7.10. The third-order valence-corrected chi connectivity index (χ3v) is 3.92. The van der Waals surface area contributed by atoms with Crippen molar-refractivity contribution in [2.45, 2.75) is 19.9 Å². The molecule has 1 unspecified atom stereocenters. The number of carbonyl (C=O) groups excluding carboxylic acids is 1. The number of benzene rings is 1. The van der Waals surface area contributed by atoms with Crippen molar-refractivity contribution in [3.8, 4) is 0 Å². The summed E-state index contributed by atoms with van der Waals surface area (Å²) in [6.45, 7) is 3.82. The number of carbonyl (C=O) groups is 1. The predicted molar refractivity (Wildman–Crippen MR) is 78.7 cm³/mol. The van der Waals surface area contributed by atoms with E-state index in [4.69, 9.17) is 0 Å². The molecule has 0 saturated heterocycles. The van der Waals surface area contributed by atoms with Crippen LogP contribution in [0.4, 0.5) is 5.00 Å². The Morgan fingerprint density at radius 3 is 2.63 bits per heavy atom. The average Bonchev–Trinajstić information content (AvgIpc) is 2.80. The van der Waals surface area contributed by atoms with E-state index in [2.05, 4.69) is 15.0 Å². The number of aryl methyl sites for hydroxylation is 1. The van der Waals surface area contributed by atoms with E-state index in [0.29, 0.717) is 5.56 Å². The lowest BCUT2D eigenvalue weighted by molar-refractivity contribution is 0.0940. The fourth-order valence-electron chi connectivity index (χ4n) is 1.90. The van der Waals surface area contributed by atoms with Crippen LogP contribution in [0.2, 0.25) is 0 Å². The molecule has 1 heterocycles. The Morgan fingerprint density at radius 1 is 1.32 bits per heavy atom. The number of anilines is 1. The maximum absolute atomic E-state index is 12.3. The van der Waals surface area contributed by atoms with Gasteiger partial charge in [0.25, 0.3) is 5.91 Å². The van der Waals surface area contributed by atoms with Crippen molar-refractivity contribution < 1.29 is 4.79 Å². The SMILES string of the molecule is CNc1snc(C)c1C(=O)NC(C)c1ccccc1. The highest BCUT2D eigenvalue weighted by Crippen LogP contribution is 2.24. The Hall–Kier alpha value is -1.88. The lowest BCUT2D eigenvalue weighted by Crippen LogP contribution is -2.27. The van der Waals surface area contributed by atoms with Gasteiger partial charge in [0, 0.05) is 7.05 Å². The zero-order valence-electron chi connectivity index (χ0n) is 11.2. The first kappa shape index (κ1) is 13.5. The van der Waals surface area contributed by atoms with Crippen LogP contribution >= 0.6 is 11.5 Å². The molecule has 0 aliphatic heterocycles. The lowest BCUT2D eigenvalue weighted by atomic mass is 10.1. The molecule has 0 radical (unpaired) electrons. The number of amides is 1. The minimum Gasteiger partial charge on any atom is -0.378 e. The summed E-state index contributed by atoms with van der Waals surface area (Å²) in [4.78, 5) is 12.3. The van der Waals surface area contributed by atoms with Crippen LogP contribution in [0.5, 0.6) is 0 Å². The Labute approximate surface area is 117 Å². The maximum atomic E-state index is 12.3. The first-order chi connectivity index (χ1) is 9.13. The van der Waals surface area contributed by atoms with E-state index in [9.17, 15) is 4.79 Å². The van der Waals surface area contributed by atoms with E-state index in [1.807, 2.05) is 44.2 Å². The third-order valence-electron chi connectivity index (χ3n) is 2.96. The number of nitrogens with zero attached hydrogens (tertiary/aromatic N) is 1. The van der Waals surface area contributed by atoms with Gasteiger partial charge in [-0.3, -0.25) is 4.79 Å². The molecule has 2 aromatic rings. The topological polar surface area (TPSA) is 54.0 Å². The molecule has 2 rings (SSSR count). The summed E-state index contributed by atoms with van der Waals surface area (Å²) in [5.74, 6) is -0.0908. The first-order valence-corrected chi connectivity index (χ1v) is 6.90. The van der Waals surface area contributed by atoms with Crippen LogP contribution in [0.15, 0.2) is 30.3 Å². The molecule has 1 aromatic carbocycles. The van der Waals surface area contributed by atoms with Crippen LogP contribution in [0, 0.1) is 6.92 Å². The molecule has 0 aliphatic rings. The number of hydrogen-bond donors (Lipinski definition) is 2. The minimum absolute atomic E-state index is 0.0299. The van der Waals surface area contributed by atoms with Crippen LogP contribution < -0.4 is 10.6 Å². The van der Waals surface area contributed by atoms with Gasteiger partial charge in [-0.1, -0.05) is 30.3 Å². The van der Waals surface area contributed by atoms with Gasteiger partial charge in [0.1, 0.15) is 5.00 Å².